The summed E-state index contributed by atoms with van der Waals surface area (Å²) in [5.41, 5.74) is 2.95. The molecule has 98 valence electrons. The molecule has 0 fully saturated rings. The van der Waals surface area contributed by atoms with Crippen LogP contribution in [0.5, 0.6) is 0 Å². The molecule has 7 heteroatoms. The molecule has 1 N–H and O–H groups in total. The van der Waals surface area contributed by atoms with Gasteiger partial charge in [0.05, 0.1) is 13.7 Å². The molecule has 18 heavy (non-hydrogen) atoms. The molecule has 7 nitrogen and oxygen atoms in total. The highest BCUT2D eigenvalue weighted by molar-refractivity contribution is 5.70. The first-order valence-electron chi connectivity index (χ1n) is 5.25. The number of carbonyl (C=O) groups excluding carboxylic acids is 1. The van der Waals surface area contributed by atoms with E-state index in [0.29, 0.717) is 5.56 Å². The van der Waals surface area contributed by atoms with Gasteiger partial charge >= 0.3 is 5.97 Å². The zero-order valence-electron chi connectivity index (χ0n) is 9.87. The van der Waals surface area contributed by atoms with Gasteiger partial charge in [0.25, 0.3) is 6.04 Å². The van der Waals surface area contributed by atoms with E-state index in [1.807, 2.05) is 0 Å². The molecule has 1 unspecified atom stereocenters. The highest BCUT2D eigenvalue weighted by Gasteiger charge is 2.22. The van der Waals surface area contributed by atoms with E-state index in [1.165, 1.54) is 7.11 Å². The van der Waals surface area contributed by atoms with E-state index in [-0.39, 0.29) is 13.2 Å². The summed E-state index contributed by atoms with van der Waals surface area (Å²) in [5, 5.41) is 10.9. The Bertz CT molecular complexity index is 396. The molecule has 0 aliphatic heterocycles. The quantitative estimate of drug-likeness (QED) is 0.333. The fourth-order valence-corrected chi connectivity index (χ4v) is 1.30. The van der Waals surface area contributed by atoms with Crippen LogP contribution in [0, 0.1) is 10.1 Å². The number of hydroxylamine groups is 1. The lowest BCUT2D eigenvalue weighted by Crippen LogP contribution is -2.28. The normalized spacial score (nSPS) is 11.8. The molecule has 0 spiro atoms. The highest BCUT2D eigenvalue weighted by atomic mass is 16.7. The maximum absolute atomic E-state index is 10.9. The Kier molecular flexibility index (Phi) is 5.75. The molecule has 0 aromatic heterocycles. The number of hydrogen-bond donors (Lipinski definition) is 1. The summed E-state index contributed by atoms with van der Waals surface area (Å²) >= 11 is 0. The first kappa shape index (κ1) is 14.1. The lowest BCUT2D eigenvalue weighted by Gasteiger charge is -2.10. The Morgan fingerprint density at radius 1 is 1.44 bits per heavy atom. The van der Waals surface area contributed by atoms with Gasteiger partial charge in [0, 0.05) is 10.5 Å². The Labute approximate surface area is 104 Å². The second-order valence-electron chi connectivity index (χ2n) is 3.43. The molecular weight excluding hydrogens is 240 g/mol. The summed E-state index contributed by atoms with van der Waals surface area (Å²) < 4.78 is 4.35. The summed E-state index contributed by atoms with van der Waals surface area (Å²) in [6, 6.07) is 7.62. The molecule has 0 saturated heterocycles. The van der Waals surface area contributed by atoms with Gasteiger partial charge in [0.15, 0.2) is 6.61 Å². The van der Waals surface area contributed by atoms with Crippen LogP contribution >= 0.6 is 0 Å². The second kappa shape index (κ2) is 7.36. The van der Waals surface area contributed by atoms with Crippen LogP contribution in [-0.4, -0.2) is 31.2 Å². The van der Waals surface area contributed by atoms with Gasteiger partial charge in [-0.2, -0.15) is 5.48 Å². The van der Waals surface area contributed by atoms with Gasteiger partial charge < -0.3 is 4.74 Å². The SMILES string of the molecule is COC(=O)CONCC(c1ccccc1)[N+](=O)[O-]. The molecule has 1 atom stereocenters. The number of ether oxygens (including phenoxy) is 1. The average molecular weight is 254 g/mol. The highest BCUT2D eigenvalue weighted by Crippen LogP contribution is 2.14. The first-order chi connectivity index (χ1) is 8.65. The maximum Gasteiger partial charge on any atom is 0.333 e. The molecule has 0 saturated carbocycles. The summed E-state index contributed by atoms with van der Waals surface area (Å²) in [4.78, 5) is 26.0. The molecule has 1 rings (SSSR count). The van der Waals surface area contributed by atoms with Crippen molar-refractivity contribution in [3.63, 3.8) is 0 Å². The minimum absolute atomic E-state index is 0.0337. The summed E-state index contributed by atoms with van der Waals surface area (Å²) in [6.07, 6.45) is 0. The van der Waals surface area contributed by atoms with E-state index in [0.717, 1.165) is 0 Å². The van der Waals surface area contributed by atoms with E-state index < -0.39 is 16.9 Å². The van der Waals surface area contributed by atoms with Crippen LogP contribution < -0.4 is 5.48 Å². The number of nitro groups is 1. The number of methoxy groups -OCH3 is 1. The molecule has 1 aromatic rings. The van der Waals surface area contributed by atoms with Crippen molar-refractivity contribution in [3.8, 4) is 0 Å². The van der Waals surface area contributed by atoms with Crippen molar-refractivity contribution in [1.29, 1.82) is 0 Å². The molecule has 0 radical (unpaired) electrons. The Morgan fingerprint density at radius 2 is 2.11 bits per heavy atom. The van der Waals surface area contributed by atoms with Crippen LogP contribution in [0.3, 0.4) is 0 Å². The molecular formula is C11H14N2O5. The van der Waals surface area contributed by atoms with Crippen LogP contribution in [0.1, 0.15) is 11.6 Å². The number of nitrogens with zero attached hydrogens (tertiary/aromatic N) is 1. The molecule has 0 bridgehead atoms. The van der Waals surface area contributed by atoms with Crippen molar-refractivity contribution in [2.24, 2.45) is 0 Å². The van der Waals surface area contributed by atoms with Gasteiger partial charge in [-0.3, -0.25) is 15.0 Å². The third-order valence-corrected chi connectivity index (χ3v) is 2.24. The number of hydrogen-bond acceptors (Lipinski definition) is 6. The van der Waals surface area contributed by atoms with Gasteiger partial charge in [-0.15, -0.1) is 0 Å². The van der Waals surface area contributed by atoms with Gasteiger partial charge in [0.2, 0.25) is 0 Å². The fraction of sp³-hybridized carbons (Fsp3) is 0.364. The van der Waals surface area contributed by atoms with E-state index in [2.05, 4.69) is 10.2 Å². The van der Waals surface area contributed by atoms with Gasteiger partial charge in [-0.25, -0.2) is 4.79 Å². The summed E-state index contributed by atoms with van der Waals surface area (Å²) in [5.74, 6) is -0.556. The van der Waals surface area contributed by atoms with Crippen LogP contribution in [0.4, 0.5) is 0 Å². The summed E-state index contributed by atoms with van der Waals surface area (Å²) in [7, 11) is 1.23. The smallest absolute Gasteiger partial charge is 0.333 e. The molecule has 0 aliphatic carbocycles. The number of benzene rings is 1. The first-order valence-corrected chi connectivity index (χ1v) is 5.25. The Balaban J connectivity index is 2.45. The Hall–Kier alpha value is -1.99. The predicted octanol–water partition coefficient (Wildman–Crippen LogP) is 0.699. The minimum atomic E-state index is -0.927. The molecule has 0 heterocycles. The zero-order chi connectivity index (χ0) is 13.4. The maximum atomic E-state index is 10.9. The topological polar surface area (TPSA) is 90.7 Å². The van der Waals surface area contributed by atoms with E-state index in [9.17, 15) is 14.9 Å². The lowest BCUT2D eigenvalue weighted by atomic mass is 10.1. The lowest BCUT2D eigenvalue weighted by molar-refractivity contribution is -0.528. The standard InChI is InChI=1S/C11H14N2O5/c1-17-11(14)8-18-12-7-10(13(15)16)9-5-3-2-4-6-9/h2-6,10,12H,7-8H2,1H3. The number of nitrogens with one attached hydrogen (secondary N) is 1. The number of rotatable bonds is 7. The molecule has 0 aliphatic rings. The van der Waals surface area contributed by atoms with Crippen molar-refractivity contribution >= 4 is 5.97 Å². The van der Waals surface area contributed by atoms with Crippen molar-refractivity contribution in [2.45, 2.75) is 6.04 Å². The molecule has 1 aromatic carbocycles. The average Bonchev–Trinajstić information content (AvgIpc) is 2.38. The van der Waals surface area contributed by atoms with E-state index >= 15 is 0 Å². The van der Waals surface area contributed by atoms with Crippen molar-refractivity contribution in [2.75, 3.05) is 20.3 Å². The number of esters is 1. The third-order valence-electron chi connectivity index (χ3n) is 2.24. The molecule has 0 amide bonds. The van der Waals surface area contributed by atoms with E-state index in [1.54, 1.807) is 30.3 Å². The summed E-state index contributed by atoms with van der Waals surface area (Å²) in [6.45, 7) is -0.330. The Morgan fingerprint density at radius 3 is 2.67 bits per heavy atom. The van der Waals surface area contributed by atoms with Crippen LogP contribution in [0.15, 0.2) is 30.3 Å². The van der Waals surface area contributed by atoms with Gasteiger partial charge in [-0.05, 0) is 0 Å². The largest absolute Gasteiger partial charge is 0.467 e. The minimum Gasteiger partial charge on any atom is -0.467 e. The van der Waals surface area contributed by atoms with E-state index in [4.69, 9.17) is 4.84 Å². The van der Waals surface area contributed by atoms with Gasteiger partial charge in [-0.1, -0.05) is 30.3 Å². The van der Waals surface area contributed by atoms with Crippen LogP contribution in [-0.2, 0) is 14.4 Å². The third kappa shape index (κ3) is 4.48. The number of carbonyl (C=O) groups is 1. The second-order valence-corrected chi connectivity index (χ2v) is 3.43. The fourth-order valence-electron chi connectivity index (χ4n) is 1.30. The predicted molar refractivity (Wildman–Crippen MR) is 62.1 cm³/mol. The van der Waals surface area contributed by atoms with Crippen LogP contribution in [0.2, 0.25) is 0 Å². The zero-order valence-corrected chi connectivity index (χ0v) is 9.87. The monoisotopic (exact) mass is 254 g/mol. The van der Waals surface area contributed by atoms with Gasteiger partial charge in [0.1, 0.15) is 0 Å². The van der Waals surface area contributed by atoms with Crippen molar-refractivity contribution < 1.29 is 19.3 Å². The van der Waals surface area contributed by atoms with Crippen LogP contribution in [0.25, 0.3) is 0 Å². The van der Waals surface area contributed by atoms with Crippen molar-refractivity contribution in [1.82, 2.24) is 5.48 Å². The van der Waals surface area contributed by atoms with Crippen molar-refractivity contribution in [3.05, 3.63) is 46.0 Å².